The van der Waals surface area contributed by atoms with Gasteiger partial charge in [-0.2, -0.15) is 13.2 Å². The zero-order chi connectivity index (χ0) is 15.6. The topological polar surface area (TPSA) is 33.1 Å². The predicted octanol–water partition coefficient (Wildman–Crippen LogP) is 2.70. The van der Waals surface area contributed by atoms with Crippen LogP contribution in [0.2, 0.25) is 0 Å². The zero-order valence-corrected chi connectivity index (χ0v) is 12.7. The van der Waals surface area contributed by atoms with Gasteiger partial charge < -0.3 is 14.8 Å². The van der Waals surface area contributed by atoms with Gasteiger partial charge in [-0.3, -0.25) is 0 Å². The van der Waals surface area contributed by atoms with Crippen molar-refractivity contribution in [2.75, 3.05) is 19.0 Å². The molecule has 1 aliphatic carbocycles. The molecule has 0 atom stereocenters. The SMILES string of the molecule is CN(C)c1ncc(CNC2CCC(C(F)(F)F)CC2)n1C. The second-order valence-electron chi connectivity index (χ2n) is 5.97. The molecule has 1 aliphatic rings. The molecule has 1 N–H and O–H groups in total. The number of nitrogens with one attached hydrogen (secondary N) is 1. The molecular formula is C14H23F3N4. The number of halogens is 3. The minimum Gasteiger partial charge on any atom is -0.348 e. The van der Waals surface area contributed by atoms with E-state index in [0.717, 1.165) is 11.6 Å². The van der Waals surface area contributed by atoms with Gasteiger partial charge in [0.1, 0.15) is 0 Å². The second-order valence-corrected chi connectivity index (χ2v) is 5.97. The van der Waals surface area contributed by atoms with Crippen molar-refractivity contribution >= 4 is 5.95 Å². The maximum absolute atomic E-state index is 12.6. The van der Waals surface area contributed by atoms with Crippen LogP contribution < -0.4 is 10.2 Å². The summed E-state index contributed by atoms with van der Waals surface area (Å²) in [5.74, 6) is -0.250. The first kappa shape index (κ1) is 16.1. The van der Waals surface area contributed by atoms with Gasteiger partial charge in [0, 0.05) is 33.7 Å². The summed E-state index contributed by atoms with van der Waals surface area (Å²) >= 11 is 0. The van der Waals surface area contributed by atoms with Crippen LogP contribution in [0.3, 0.4) is 0 Å². The first-order valence-electron chi connectivity index (χ1n) is 7.27. The molecule has 0 saturated heterocycles. The average molecular weight is 304 g/mol. The van der Waals surface area contributed by atoms with Crippen LogP contribution in [0.15, 0.2) is 6.20 Å². The highest BCUT2D eigenvalue weighted by Gasteiger charge is 2.41. The molecular weight excluding hydrogens is 281 g/mol. The molecule has 120 valence electrons. The Morgan fingerprint density at radius 1 is 1.29 bits per heavy atom. The van der Waals surface area contributed by atoms with Crippen molar-refractivity contribution in [3.63, 3.8) is 0 Å². The normalized spacial score (nSPS) is 23.3. The van der Waals surface area contributed by atoms with Gasteiger partial charge in [-0.15, -0.1) is 0 Å². The molecule has 0 bridgehead atoms. The smallest absolute Gasteiger partial charge is 0.348 e. The van der Waals surface area contributed by atoms with Gasteiger partial charge in [-0.1, -0.05) is 0 Å². The van der Waals surface area contributed by atoms with E-state index in [1.165, 1.54) is 0 Å². The Balaban J connectivity index is 1.83. The minimum absolute atomic E-state index is 0.168. The van der Waals surface area contributed by atoms with Crippen LogP contribution in [0.1, 0.15) is 31.4 Å². The molecule has 7 heteroatoms. The molecule has 0 unspecified atom stereocenters. The molecule has 0 spiro atoms. The van der Waals surface area contributed by atoms with Crippen LogP contribution in [0.5, 0.6) is 0 Å². The number of alkyl halides is 3. The molecule has 1 saturated carbocycles. The summed E-state index contributed by atoms with van der Waals surface area (Å²) in [6.45, 7) is 0.638. The largest absolute Gasteiger partial charge is 0.391 e. The number of hydrogen-bond acceptors (Lipinski definition) is 3. The fraction of sp³-hybridized carbons (Fsp3) is 0.786. The average Bonchev–Trinajstić information content (AvgIpc) is 2.77. The van der Waals surface area contributed by atoms with Crippen LogP contribution in [0.4, 0.5) is 19.1 Å². The van der Waals surface area contributed by atoms with E-state index in [0.29, 0.717) is 19.4 Å². The molecule has 4 nitrogen and oxygen atoms in total. The quantitative estimate of drug-likeness (QED) is 0.928. The Morgan fingerprint density at radius 2 is 1.90 bits per heavy atom. The van der Waals surface area contributed by atoms with Crippen molar-refractivity contribution in [1.29, 1.82) is 0 Å². The standard InChI is InChI=1S/C14H23F3N4/c1-20(2)13-19-9-12(21(13)3)8-18-11-6-4-10(5-7-11)14(15,16)17/h9-11,18H,4-8H2,1-3H3. The highest BCUT2D eigenvalue weighted by Crippen LogP contribution is 2.37. The Labute approximate surface area is 123 Å². The van der Waals surface area contributed by atoms with Gasteiger partial charge in [0.15, 0.2) is 0 Å². The monoisotopic (exact) mass is 304 g/mol. The summed E-state index contributed by atoms with van der Waals surface area (Å²) in [5, 5.41) is 3.36. The Bertz CT molecular complexity index is 459. The molecule has 0 radical (unpaired) electrons. The van der Waals surface area contributed by atoms with Crippen molar-refractivity contribution in [3.05, 3.63) is 11.9 Å². The van der Waals surface area contributed by atoms with Gasteiger partial charge in [-0.05, 0) is 25.7 Å². The number of anilines is 1. The van der Waals surface area contributed by atoms with E-state index in [4.69, 9.17) is 0 Å². The third-order valence-corrected chi connectivity index (χ3v) is 4.22. The van der Waals surface area contributed by atoms with E-state index in [1.54, 1.807) is 0 Å². The lowest BCUT2D eigenvalue weighted by atomic mass is 9.85. The van der Waals surface area contributed by atoms with Gasteiger partial charge in [0.2, 0.25) is 5.95 Å². The van der Waals surface area contributed by atoms with Crippen molar-refractivity contribution in [2.24, 2.45) is 13.0 Å². The highest BCUT2D eigenvalue weighted by molar-refractivity contribution is 5.30. The highest BCUT2D eigenvalue weighted by atomic mass is 19.4. The van der Waals surface area contributed by atoms with E-state index < -0.39 is 12.1 Å². The van der Waals surface area contributed by atoms with Crippen molar-refractivity contribution in [2.45, 2.75) is 44.4 Å². The van der Waals surface area contributed by atoms with Gasteiger partial charge in [0.25, 0.3) is 0 Å². The van der Waals surface area contributed by atoms with Crippen molar-refractivity contribution < 1.29 is 13.2 Å². The fourth-order valence-electron chi connectivity index (χ4n) is 2.89. The van der Waals surface area contributed by atoms with Gasteiger partial charge in [-0.25, -0.2) is 4.98 Å². The predicted molar refractivity (Wildman–Crippen MR) is 76.2 cm³/mol. The summed E-state index contributed by atoms with van der Waals surface area (Å²) < 4.78 is 39.8. The summed E-state index contributed by atoms with van der Waals surface area (Å²) in [6.07, 6.45) is -0.590. The fourth-order valence-corrected chi connectivity index (χ4v) is 2.89. The Kier molecular flexibility index (Phi) is 4.81. The van der Waals surface area contributed by atoms with E-state index in [2.05, 4.69) is 10.3 Å². The van der Waals surface area contributed by atoms with Crippen LogP contribution >= 0.6 is 0 Å². The van der Waals surface area contributed by atoms with Crippen LogP contribution in [0.25, 0.3) is 0 Å². The van der Waals surface area contributed by atoms with E-state index in [1.807, 2.05) is 36.8 Å². The first-order chi connectivity index (χ1) is 9.79. The number of imidazole rings is 1. The summed E-state index contributed by atoms with van der Waals surface area (Å²) in [5.41, 5.74) is 1.04. The molecule has 1 heterocycles. The number of hydrogen-bond donors (Lipinski definition) is 1. The summed E-state index contributed by atoms with van der Waals surface area (Å²) in [4.78, 5) is 6.25. The maximum Gasteiger partial charge on any atom is 0.391 e. The molecule has 0 aromatic carbocycles. The Hall–Kier alpha value is -1.24. The Morgan fingerprint density at radius 3 is 2.38 bits per heavy atom. The molecule has 0 amide bonds. The van der Waals surface area contributed by atoms with E-state index in [9.17, 15) is 13.2 Å². The molecule has 1 fully saturated rings. The third kappa shape index (κ3) is 3.90. The second kappa shape index (κ2) is 6.25. The van der Waals surface area contributed by atoms with Crippen LogP contribution in [-0.4, -0.2) is 35.9 Å². The number of aromatic nitrogens is 2. The summed E-state index contributed by atoms with van der Waals surface area (Å²) in [6, 6.07) is 0.168. The number of nitrogens with zero attached hydrogens (tertiary/aromatic N) is 3. The lowest BCUT2D eigenvalue weighted by Crippen LogP contribution is -2.37. The van der Waals surface area contributed by atoms with E-state index in [-0.39, 0.29) is 18.9 Å². The number of rotatable bonds is 4. The van der Waals surface area contributed by atoms with Crippen molar-refractivity contribution in [3.8, 4) is 0 Å². The molecule has 21 heavy (non-hydrogen) atoms. The molecule has 2 rings (SSSR count). The molecule has 1 aromatic rings. The maximum atomic E-state index is 12.6. The lowest BCUT2D eigenvalue weighted by Gasteiger charge is -2.30. The first-order valence-corrected chi connectivity index (χ1v) is 7.27. The van der Waals surface area contributed by atoms with Gasteiger partial charge >= 0.3 is 6.18 Å². The molecule has 1 aromatic heterocycles. The molecule has 0 aliphatic heterocycles. The minimum atomic E-state index is -4.03. The lowest BCUT2D eigenvalue weighted by molar-refractivity contribution is -0.182. The van der Waals surface area contributed by atoms with E-state index >= 15 is 0 Å². The van der Waals surface area contributed by atoms with Crippen LogP contribution in [0, 0.1) is 5.92 Å². The van der Waals surface area contributed by atoms with Gasteiger partial charge in [0.05, 0.1) is 17.8 Å². The summed E-state index contributed by atoms with van der Waals surface area (Å²) in [7, 11) is 5.80. The van der Waals surface area contributed by atoms with Crippen molar-refractivity contribution in [1.82, 2.24) is 14.9 Å². The third-order valence-electron chi connectivity index (χ3n) is 4.22. The zero-order valence-electron chi connectivity index (χ0n) is 12.7. The van der Waals surface area contributed by atoms with Crippen LogP contribution in [-0.2, 0) is 13.6 Å².